The van der Waals surface area contributed by atoms with Crippen LogP contribution in [0.15, 0.2) is 48.5 Å². The minimum absolute atomic E-state index is 0.0441. The number of benzene rings is 2. The molecule has 3 aliphatic rings. The average molecular weight is 593 g/mol. The van der Waals surface area contributed by atoms with Crippen molar-refractivity contribution in [3.8, 4) is 11.1 Å². The first-order valence-electron chi connectivity index (χ1n) is 15.8. The third-order valence-corrected chi connectivity index (χ3v) is 10.0. The van der Waals surface area contributed by atoms with Gasteiger partial charge in [0.15, 0.2) is 0 Å². The Morgan fingerprint density at radius 3 is 2.49 bits per heavy atom. The van der Waals surface area contributed by atoms with Crippen LogP contribution in [-0.2, 0) is 16.2 Å². The van der Waals surface area contributed by atoms with Crippen molar-refractivity contribution in [3.05, 3.63) is 59.7 Å². The number of aliphatic hydroxyl groups is 2. The molecular weight excluding hydrogens is 544 g/mol. The Labute approximate surface area is 255 Å². The fourth-order valence-electron chi connectivity index (χ4n) is 7.07. The third kappa shape index (κ3) is 7.13. The second-order valence-electron chi connectivity index (χ2n) is 13.6. The molecule has 3 fully saturated rings. The Balaban J connectivity index is 1.32. The summed E-state index contributed by atoms with van der Waals surface area (Å²) in [6.07, 6.45) is 2.18. The van der Waals surface area contributed by atoms with Crippen LogP contribution in [-0.4, -0.2) is 77.6 Å². The lowest BCUT2D eigenvalue weighted by Crippen LogP contribution is -2.54. The maximum absolute atomic E-state index is 13.8. The smallest absolute Gasteiger partial charge is 0.251 e. The largest absolute Gasteiger partial charge is 0.396 e. The molecule has 9 heteroatoms. The Morgan fingerprint density at radius 2 is 1.79 bits per heavy atom. The van der Waals surface area contributed by atoms with Crippen LogP contribution in [0.3, 0.4) is 0 Å². The van der Waals surface area contributed by atoms with Gasteiger partial charge in [-0.25, -0.2) is 0 Å². The number of hydrogen-bond acceptors (Lipinski definition) is 7. The highest BCUT2D eigenvalue weighted by Gasteiger charge is 2.48. The van der Waals surface area contributed by atoms with E-state index in [1.54, 1.807) is 5.06 Å². The van der Waals surface area contributed by atoms with Crippen LogP contribution in [0.25, 0.3) is 11.1 Å². The molecule has 0 aromatic heterocycles. The molecule has 0 radical (unpaired) electrons. The molecule has 6 unspecified atom stereocenters. The first kappa shape index (κ1) is 31.6. The average Bonchev–Trinajstić information content (AvgIpc) is 3.63. The quantitative estimate of drug-likeness (QED) is 0.303. The number of carbonyl (C=O) groups is 2. The highest BCUT2D eigenvalue weighted by atomic mass is 16.7. The summed E-state index contributed by atoms with van der Waals surface area (Å²) in [6, 6.07) is 15.0. The molecule has 5 N–H and O–H groups in total. The van der Waals surface area contributed by atoms with Crippen LogP contribution >= 0.6 is 0 Å². The molecule has 2 aliphatic heterocycles. The fraction of sp³-hybridized carbons (Fsp3) is 0.588. The summed E-state index contributed by atoms with van der Waals surface area (Å²) in [5.41, 5.74) is 3.61. The number of amides is 2. The molecule has 2 aromatic rings. The summed E-state index contributed by atoms with van der Waals surface area (Å²) < 4.78 is 0. The van der Waals surface area contributed by atoms with E-state index in [2.05, 4.69) is 43.6 Å². The van der Waals surface area contributed by atoms with Crippen molar-refractivity contribution in [1.29, 1.82) is 0 Å². The zero-order chi connectivity index (χ0) is 30.7. The van der Waals surface area contributed by atoms with Gasteiger partial charge in [0, 0.05) is 30.1 Å². The predicted octanol–water partition coefficient (Wildman–Crippen LogP) is 3.11. The van der Waals surface area contributed by atoms with E-state index in [4.69, 9.17) is 4.84 Å². The van der Waals surface area contributed by atoms with E-state index in [1.807, 2.05) is 48.5 Å². The van der Waals surface area contributed by atoms with E-state index in [-0.39, 0.29) is 42.5 Å². The first-order chi connectivity index (χ1) is 20.6. The van der Waals surface area contributed by atoms with Gasteiger partial charge < -0.3 is 26.2 Å². The molecule has 9 nitrogen and oxygen atoms in total. The highest BCUT2D eigenvalue weighted by Crippen LogP contribution is 2.43. The molecule has 7 atom stereocenters. The summed E-state index contributed by atoms with van der Waals surface area (Å²) in [4.78, 5) is 32.8. The van der Waals surface area contributed by atoms with Crippen LogP contribution in [0.2, 0.25) is 0 Å². The van der Waals surface area contributed by atoms with E-state index in [0.29, 0.717) is 23.9 Å². The highest BCUT2D eigenvalue weighted by molar-refractivity contribution is 5.95. The van der Waals surface area contributed by atoms with Crippen LogP contribution < -0.4 is 16.0 Å². The van der Waals surface area contributed by atoms with E-state index in [1.165, 1.54) is 0 Å². The SMILES string of the molecule is CC1CC(C)(C)C(C)C[C@@H]1NC(=O)C1C(CO)C(CO)ON1Cc1cccc(-c2cccc(C(=O)NC3CCNC3)c2)c1. The molecular formula is C34H48N4O5. The van der Waals surface area contributed by atoms with Gasteiger partial charge in [-0.1, -0.05) is 58.0 Å². The summed E-state index contributed by atoms with van der Waals surface area (Å²) in [6.45, 7) is 10.5. The predicted molar refractivity (Wildman–Crippen MR) is 166 cm³/mol. The van der Waals surface area contributed by atoms with Crippen LogP contribution in [0, 0.1) is 23.2 Å². The molecule has 1 saturated carbocycles. The Kier molecular flexibility index (Phi) is 9.88. The number of hydrogen-bond donors (Lipinski definition) is 5. The van der Waals surface area contributed by atoms with Crippen LogP contribution in [0.5, 0.6) is 0 Å². The van der Waals surface area contributed by atoms with Crippen molar-refractivity contribution < 1.29 is 24.6 Å². The molecule has 2 heterocycles. The van der Waals surface area contributed by atoms with Gasteiger partial charge in [0.1, 0.15) is 12.1 Å². The van der Waals surface area contributed by atoms with Gasteiger partial charge in [0.05, 0.1) is 19.8 Å². The minimum atomic E-state index is -0.736. The van der Waals surface area contributed by atoms with Gasteiger partial charge in [0.2, 0.25) is 5.91 Å². The molecule has 5 rings (SSSR count). The van der Waals surface area contributed by atoms with Gasteiger partial charge in [-0.15, -0.1) is 0 Å². The van der Waals surface area contributed by atoms with E-state index in [0.717, 1.165) is 49.0 Å². The third-order valence-electron chi connectivity index (χ3n) is 10.0. The Bertz CT molecular complexity index is 1280. The monoisotopic (exact) mass is 592 g/mol. The van der Waals surface area contributed by atoms with Crippen molar-refractivity contribution in [2.24, 2.45) is 23.2 Å². The maximum Gasteiger partial charge on any atom is 0.251 e. The van der Waals surface area contributed by atoms with Crippen molar-refractivity contribution in [3.63, 3.8) is 0 Å². The molecule has 0 bridgehead atoms. The van der Waals surface area contributed by atoms with Gasteiger partial charge >= 0.3 is 0 Å². The number of carbonyl (C=O) groups excluding carboxylic acids is 2. The van der Waals surface area contributed by atoms with Crippen LogP contribution in [0.1, 0.15) is 62.9 Å². The second-order valence-corrected chi connectivity index (χ2v) is 13.6. The molecule has 0 spiro atoms. The van der Waals surface area contributed by atoms with Crippen LogP contribution in [0.4, 0.5) is 0 Å². The maximum atomic E-state index is 13.8. The summed E-state index contributed by atoms with van der Waals surface area (Å²) in [5.74, 6) is -0.00839. The lowest BCUT2D eigenvalue weighted by atomic mass is 9.64. The Morgan fingerprint density at radius 1 is 1.05 bits per heavy atom. The summed E-state index contributed by atoms with van der Waals surface area (Å²) >= 11 is 0. The van der Waals surface area contributed by atoms with Gasteiger partial charge in [-0.2, -0.15) is 5.06 Å². The number of aliphatic hydroxyl groups excluding tert-OH is 2. The summed E-state index contributed by atoms with van der Waals surface area (Å²) in [5, 5.41) is 31.6. The lowest BCUT2D eigenvalue weighted by Gasteiger charge is -2.45. The normalized spacial score (nSPS) is 30.7. The molecule has 43 heavy (non-hydrogen) atoms. The van der Waals surface area contributed by atoms with Crippen molar-refractivity contribution in [1.82, 2.24) is 21.0 Å². The van der Waals surface area contributed by atoms with E-state index < -0.39 is 18.1 Å². The molecule has 2 aromatic carbocycles. The number of nitrogens with zero attached hydrogens (tertiary/aromatic N) is 1. The molecule has 234 valence electrons. The standard InChI is InChI=1S/C34H48N4O5/c1-21-16-34(3,4)22(2)13-29(21)37-33(42)31-28(19-39)30(20-40)43-38(31)18-23-7-5-8-24(14-23)25-9-6-10-26(15-25)32(41)36-27-11-12-35-17-27/h5-10,14-15,21-22,27-31,35,39-40H,11-13,16-20H2,1-4H3,(H,36,41)(H,37,42)/t21?,22?,27?,28?,29-,30?,31?/m0/s1. The number of rotatable bonds is 9. The van der Waals surface area contributed by atoms with Crippen molar-refractivity contribution in [2.45, 2.75) is 77.7 Å². The first-order valence-corrected chi connectivity index (χ1v) is 15.8. The zero-order valence-corrected chi connectivity index (χ0v) is 25.9. The number of nitrogens with one attached hydrogen (secondary N) is 3. The lowest BCUT2D eigenvalue weighted by molar-refractivity contribution is -0.182. The van der Waals surface area contributed by atoms with E-state index in [9.17, 15) is 19.8 Å². The van der Waals surface area contributed by atoms with Crippen molar-refractivity contribution in [2.75, 3.05) is 26.3 Å². The summed E-state index contributed by atoms with van der Waals surface area (Å²) in [7, 11) is 0. The van der Waals surface area contributed by atoms with Crippen molar-refractivity contribution >= 4 is 11.8 Å². The van der Waals surface area contributed by atoms with Gasteiger partial charge in [0.25, 0.3) is 5.91 Å². The van der Waals surface area contributed by atoms with Gasteiger partial charge in [-0.3, -0.25) is 14.4 Å². The molecule has 2 amide bonds. The Hall–Kier alpha value is -2.82. The fourth-order valence-corrected chi connectivity index (χ4v) is 7.07. The topological polar surface area (TPSA) is 123 Å². The second kappa shape index (κ2) is 13.4. The molecule has 1 aliphatic carbocycles. The minimum Gasteiger partial charge on any atom is -0.396 e. The number of hydroxylamine groups is 2. The van der Waals surface area contributed by atoms with E-state index >= 15 is 0 Å². The van der Waals surface area contributed by atoms with Gasteiger partial charge in [-0.05, 0) is 77.9 Å². The zero-order valence-electron chi connectivity index (χ0n) is 25.9. The molecule has 2 saturated heterocycles.